The van der Waals surface area contributed by atoms with E-state index in [0.717, 1.165) is 23.9 Å². The van der Waals surface area contributed by atoms with E-state index in [1.54, 1.807) is 11.3 Å². The molecule has 0 saturated heterocycles. The van der Waals surface area contributed by atoms with Crippen LogP contribution in [-0.4, -0.2) is 18.6 Å². The highest BCUT2D eigenvalue weighted by atomic mass is 32.1. The summed E-state index contributed by atoms with van der Waals surface area (Å²) in [5.41, 5.74) is 2.36. The molecule has 3 nitrogen and oxygen atoms in total. The van der Waals surface area contributed by atoms with E-state index in [1.165, 1.54) is 23.4 Å². The minimum absolute atomic E-state index is 0.889. The number of anilines is 2. The summed E-state index contributed by atoms with van der Waals surface area (Å²) in [5.74, 6) is 0. The van der Waals surface area contributed by atoms with Crippen molar-refractivity contribution in [3.05, 3.63) is 40.9 Å². The third kappa shape index (κ3) is 3.58. The summed E-state index contributed by atoms with van der Waals surface area (Å²) >= 11 is 1.79. The highest BCUT2D eigenvalue weighted by molar-refractivity contribution is 7.15. The fourth-order valence-corrected chi connectivity index (χ4v) is 3.23. The van der Waals surface area contributed by atoms with Crippen LogP contribution in [-0.2, 0) is 6.54 Å². The highest BCUT2D eigenvalue weighted by Crippen LogP contribution is 2.31. The lowest BCUT2D eigenvalue weighted by Gasteiger charge is -2.21. The molecule has 0 aliphatic heterocycles. The number of rotatable bonds is 7. The molecule has 0 bridgehead atoms. The highest BCUT2D eigenvalue weighted by Gasteiger charge is 2.15. The maximum atomic E-state index is 4.76. The van der Waals surface area contributed by atoms with Gasteiger partial charge in [0.1, 0.15) is 0 Å². The zero-order chi connectivity index (χ0) is 14.4. The number of aromatic nitrogens is 1. The van der Waals surface area contributed by atoms with Crippen molar-refractivity contribution in [2.45, 2.75) is 33.2 Å². The van der Waals surface area contributed by atoms with Crippen LogP contribution in [0.4, 0.5) is 10.8 Å². The number of unbranched alkanes of at least 4 members (excludes halogenated alkanes) is 1. The predicted molar refractivity (Wildman–Crippen MR) is 88.0 cm³/mol. The van der Waals surface area contributed by atoms with Crippen LogP contribution in [0.3, 0.4) is 0 Å². The second-order valence-electron chi connectivity index (χ2n) is 4.88. The molecule has 0 aliphatic carbocycles. The van der Waals surface area contributed by atoms with Gasteiger partial charge in [0, 0.05) is 23.7 Å². The number of aryl methyl sites for hydroxylation is 1. The van der Waals surface area contributed by atoms with Gasteiger partial charge in [-0.15, -0.1) is 0 Å². The van der Waals surface area contributed by atoms with E-state index in [9.17, 15) is 0 Å². The molecule has 0 fully saturated rings. The van der Waals surface area contributed by atoms with Crippen LogP contribution in [0.25, 0.3) is 0 Å². The van der Waals surface area contributed by atoms with Crippen molar-refractivity contribution in [3.8, 4) is 0 Å². The molecule has 0 amide bonds. The van der Waals surface area contributed by atoms with E-state index < -0.39 is 0 Å². The topological polar surface area (TPSA) is 28.2 Å². The van der Waals surface area contributed by atoms with Crippen molar-refractivity contribution in [3.63, 3.8) is 0 Å². The van der Waals surface area contributed by atoms with Crippen LogP contribution in [0.15, 0.2) is 30.3 Å². The van der Waals surface area contributed by atoms with Crippen molar-refractivity contribution in [1.82, 2.24) is 10.3 Å². The van der Waals surface area contributed by atoms with Crippen LogP contribution < -0.4 is 10.2 Å². The third-order valence-electron chi connectivity index (χ3n) is 3.25. The lowest BCUT2D eigenvalue weighted by atomic mass is 10.2. The van der Waals surface area contributed by atoms with E-state index >= 15 is 0 Å². The quantitative estimate of drug-likeness (QED) is 0.831. The summed E-state index contributed by atoms with van der Waals surface area (Å²) in [4.78, 5) is 8.42. The Labute approximate surface area is 125 Å². The van der Waals surface area contributed by atoms with Gasteiger partial charge in [-0.25, -0.2) is 4.98 Å². The minimum Gasteiger partial charge on any atom is -0.318 e. The van der Waals surface area contributed by atoms with Crippen molar-refractivity contribution in [2.75, 3.05) is 18.5 Å². The van der Waals surface area contributed by atoms with Gasteiger partial charge in [0.15, 0.2) is 5.13 Å². The smallest absolute Gasteiger partial charge is 0.190 e. The molecule has 2 rings (SSSR count). The van der Waals surface area contributed by atoms with E-state index in [1.807, 2.05) is 7.05 Å². The average Bonchev–Trinajstić information content (AvgIpc) is 2.82. The second kappa shape index (κ2) is 7.41. The molecular formula is C16H23N3S. The minimum atomic E-state index is 0.889. The summed E-state index contributed by atoms with van der Waals surface area (Å²) in [6.45, 7) is 6.23. The lowest BCUT2D eigenvalue weighted by Crippen LogP contribution is -2.18. The van der Waals surface area contributed by atoms with E-state index in [0.29, 0.717) is 0 Å². The molecule has 0 atom stereocenters. The summed E-state index contributed by atoms with van der Waals surface area (Å²) in [6.07, 6.45) is 2.37. The predicted octanol–water partition coefficient (Wildman–Crippen LogP) is 4.11. The average molecular weight is 289 g/mol. The zero-order valence-electron chi connectivity index (χ0n) is 12.5. The maximum Gasteiger partial charge on any atom is 0.190 e. The van der Waals surface area contributed by atoms with Gasteiger partial charge in [-0.05, 0) is 32.5 Å². The molecular weight excluding hydrogens is 266 g/mol. The SMILES string of the molecule is CCCCN(c1ccccc1)c1nc(C)c(CNC)s1. The van der Waals surface area contributed by atoms with Gasteiger partial charge >= 0.3 is 0 Å². The largest absolute Gasteiger partial charge is 0.318 e. The Morgan fingerprint density at radius 1 is 1.25 bits per heavy atom. The van der Waals surface area contributed by atoms with Crippen molar-refractivity contribution < 1.29 is 0 Å². The van der Waals surface area contributed by atoms with Crippen molar-refractivity contribution in [1.29, 1.82) is 0 Å². The van der Waals surface area contributed by atoms with Gasteiger partial charge < -0.3 is 10.2 Å². The molecule has 2 aromatic rings. The van der Waals surface area contributed by atoms with Gasteiger partial charge in [-0.1, -0.05) is 42.9 Å². The monoisotopic (exact) mass is 289 g/mol. The number of nitrogens with zero attached hydrogens (tertiary/aromatic N) is 2. The molecule has 1 aromatic carbocycles. The van der Waals surface area contributed by atoms with Crippen LogP contribution in [0.1, 0.15) is 30.3 Å². The first-order chi connectivity index (χ1) is 9.76. The second-order valence-corrected chi connectivity index (χ2v) is 5.94. The summed E-state index contributed by atoms with van der Waals surface area (Å²) < 4.78 is 0. The Hall–Kier alpha value is -1.39. The van der Waals surface area contributed by atoms with Crippen LogP contribution >= 0.6 is 11.3 Å². The summed E-state index contributed by atoms with van der Waals surface area (Å²) in [6, 6.07) is 10.5. The molecule has 0 spiro atoms. The number of nitrogens with one attached hydrogen (secondary N) is 1. The van der Waals surface area contributed by atoms with Gasteiger partial charge in [0.05, 0.1) is 5.69 Å². The third-order valence-corrected chi connectivity index (χ3v) is 4.43. The number of para-hydroxylation sites is 1. The first-order valence-electron chi connectivity index (χ1n) is 7.19. The number of hydrogen-bond acceptors (Lipinski definition) is 4. The number of hydrogen-bond donors (Lipinski definition) is 1. The van der Waals surface area contributed by atoms with Gasteiger partial charge in [0.25, 0.3) is 0 Å². The molecule has 108 valence electrons. The van der Waals surface area contributed by atoms with Crippen molar-refractivity contribution in [2.24, 2.45) is 0 Å². The first kappa shape index (κ1) is 15.0. The Balaban J connectivity index is 2.29. The molecule has 0 saturated carbocycles. The van der Waals surface area contributed by atoms with Crippen LogP contribution in [0, 0.1) is 6.92 Å². The molecule has 1 heterocycles. The van der Waals surface area contributed by atoms with Crippen molar-refractivity contribution >= 4 is 22.2 Å². The number of thiazole rings is 1. The maximum absolute atomic E-state index is 4.76. The molecule has 4 heteroatoms. The Bertz CT molecular complexity index is 522. The fraction of sp³-hybridized carbons (Fsp3) is 0.438. The first-order valence-corrected chi connectivity index (χ1v) is 8.01. The van der Waals surface area contributed by atoms with E-state index in [4.69, 9.17) is 4.98 Å². The normalized spacial score (nSPS) is 10.8. The van der Waals surface area contributed by atoms with Gasteiger partial charge in [-0.2, -0.15) is 0 Å². The summed E-state index contributed by atoms with van der Waals surface area (Å²) in [5, 5.41) is 4.32. The van der Waals surface area contributed by atoms with Gasteiger partial charge in [-0.3, -0.25) is 0 Å². The molecule has 0 aliphatic rings. The summed E-state index contributed by atoms with van der Waals surface area (Å²) in [7, 11) is 1.98. The molecule has 1 N–H and O–H groups in total. The molecule has 1 aromatic heterocycles. The van der Waals surface area contributed by atoms with Gasteiger partial charge in [0.2, 0.25) is 0 Å². The van der Waals surface area contributed by atoms with Crippen LogP contribution in [0.5, 0.6) is 0 Å². The van der Waals surface area contributed by atoms with E-state index in [2.05, 4.69) is 54.4 Å². The standard InChI is InChI=1S/C16H23N3S/c1-4-5-11-19(14-9-7-6-8-10-14)16-18-13(2)15(20-16)12-17-3/h6-10,17H,4-5,11-12H2,1-3H3. The lowest BCUT2D eigenvalue weighted by molar-refractivity contribution is 0.783. The Morgan fingerprint density at radius 3 is 2.65 bits per heavy atom. The Morgan fingerprint density at radius 2 is 2.00 bits per heavy atom. The molecule has 20 heavy (non-hydrogen) atoms. The zero-order valence-corrected chi connectivity index (χ0v) is 13.3. The molecule has 0 radical (unpaired) electrons. The van der Waals surface area contributed by atoms with Crippen LogP contribution in [0.2, 0.25) is 0 Å². The fourth-order valence-electron chi connectivity index (χ4n) is 2.11. The number of benzene rings is 1. The Kier molecular flexibility index (Phi) is 5.56. The molecule has 0 unspecified atom stereocenters. The van der Waals surface area contributed by atoms with E-state index in [-0.39, 0.29) is 0 Å².